The van der Waals surface area contributed by atoms with Gasteiger partial charge in [0.15, 0.2) is 0 Å². The molecule has 1 fully saturated rings. The van der Waals surface area contributed by atoms with Crippen molar-refractivity contribution in [3.8, 4) is 0 Å². The topological polar surface area (TPSA) is 49.8 Å². The van der Waals surface area contributed by atoms with Crippen LogP contribution in [0, 0.1) is 13.8 Å². The smallest absolute Gasteiger partial charge is 0.134 e. The van der Waals surface area contributed by atoms with Crippen LogP contribution in [0.3, 0.4) is 0 Å². The molecule has 0 saturated heterocycles. The standard InChI is InChI=1S/C15H26N4S/c1-5-16-14-10(2)15(18-11(3)17-14)19-12-7-6-8-13(9-12)20-4/h12-13H,5-9H2,1-4H3,(H2,16,17,18,19). The van der Waals surface area contributed by atoms with E-state index in [0.717, 1.165) is 34.8 Å². The molecular weight excluding hydrogens is 268 g/mol. The lowest BCUT2D eigenvalue weighted by molar-refractivity contribution is 0.472. The van der Waals surface area contributed by atoms with Gasteiger partial charge in [0.1, 0.15) is 17.5 Å². The van der Waals surface area contributed by atoms with E-state index >= 15 is 0 Å². The summed E-state index contributed by atoms with van der Waals surface area (Å²) in [5.74, 6) is 2.78. The summed E-state index contributed by atoms with van der Waals surface area (Å²) >= 11 is 1.99. The third-order valence-corrected chi connectivity index (χ3v) is 5.00. The predicted octanol–water partition coefficient (Wildman–Crippen LogP) is 3.61. The SMILES string of the molecule is CCNc1nc(C)nc(NC2CCCC(SC)C2)c1C. The second kappa shape index (κ2) is 7.16. The molecule has 0 bridgehead atoms. The van der Waals surface area contributed by atoms with Crippen LogP contribution in [0.15, 0.2) is 0 Å². The van der Waals surface area contributed by atoms with Gasteiger partial charge in [-0.1, -0.05) is 6.42 Å². The molecule has 0 radical (unpaired) electrons. The van der Waals surface area contributed by atoms with Gasteiger partial charge in [0.2, 0.25) is 0 Å². The van der Waals surface area contributed by atoms with Gasteiger partial charge in [-0.05, 0) is 46.3 Å². The Hall–Kier alpha value is -0.970. The molecule has 5 heteroatoms. The maximum atomic E-state index is 4.59. The van der Waals surface area contributed by atoms with Gasteiger partial charge >= 0.3 is 0 Å². The number of rotatable bonds is 5. The maximum Gasteiger partial charge on any atom is 0.134 e. The fourth-order valence-electron chi connectivity index (χ4n) is 2.79. The summed E-state index contributed by atoms with van der Waals surface area (Å²) in [4.78, 5) is 9.07. The van der Waals surface area contributed by atoms with Crippen molar-refractivity contribution in [2.45, 2.75) is 57.7 Å². The zero-order valence-corrected chi connectivity index (χ0v) is 13.8. The van der Waals surface area contributed by atoms with E-state index in [-0.39, 0.29) is 0 Å². The van der Waals surface area contributed by atoms with Gasteiger partial charge in [-0.3, -0.25) is 0 Å². The van der Waals surface area contributed by atoms with Crippen molar-refractivity contribution < 1.29 is 0 Å². The molecule has 1 aliphatic carbocycles. The van der Waals surface area contributed by atoms with E-state index in [1.807, 2.05) is 18.7 Å². The molecular formula is C15H26N4S. The first-order valence-corrected chi connectivity index (χ1v) is 8.81. The highest BCUT2D eigenvalue weighted by molar-refractivity contribution is 7.99. The van der Waals surface area contributed by atoms with Gasteiger partial charge in [0, 0.05) is 23.4 Å². The molecule has 0 spiro atoms. The summed E-state index contributed by atoms with van der Waals surface area (Å²) in [6, 6.07) is 0.545. The lowest BCUT2D eigenvalue weighted by Crippen LogP contribution is -2.29. The Morgan fingerprint density at radius 3 is 2.65 bits per heavy atom. The van der Waals surface area contributed by atoms with Crippen molar-refractivity contribution in [2.24, 2.45) is 0 Å². The van der Waals surface area contributed by atoms with Crippen molar-refractivity contribution in [1.82, 2.24) is 9.97 Å². The second-order valence-corrected chi connectivity index (χ2v) is 6.63. The Morgan fingerprint density at radius 2 is 1.95 bits per heavy atom. The molecule has 2 N–H and O–H groups in total. The number of hydrogen-bond acceptors (Lipinski definition) is 5. The molecule has 2 unspecified atom stereocenters. The Kier molecular flexibility index (Phi) is 5.52. The second-order valence-electron chi connectivity index (χ2n) is 5.49. The fraction of sp³-hybridized carbons (Fsp3) is 0.733. The summed E-state index contributed by atoms with van der Waals surface area (Å²) in [5, 5.41) is 7.76. The van der Waals surface area contributed by atoms with Crippen molar-refractivity contribution in [2.75, 3.05) is 23.4 Å². The van der Waals surface area contributed by atoms with E-state index in [2.05, 4.69) is 40.7 Å². The normalized spacial score (nSPS) is 22.6. The molecule has 0 aliphatic heterocycles. The van der Waals surface area contributed by atoms with Crippen LogP contribution >= 0.6 is 11.8 Å². The van der Waals surface area contributed by atoms with E-state index in [1.165, 1.54) is 25.7 Å². The number of thioether (sulfide) groups is 1. The van der Waals surface area contributed by atoms with Gasteiger partial charge < -0.3 is 10.6 Å². The highest BCUT2D eigenvalue weighted by atomic mass is 32.2. The van der Waals surface area contributed by atoms with Crippen LogP contribution in [-0.4, -0.2) is 34.1 Å². The third kappa shape index (κ3) is 3.78. The van der Waals surface area contributed by atoms with Crippen LogP contribution < -0.4 is 10.6 Å². The molecule has 0 amide bonds. The van der Waals surface area contributed by atoms with Crippen molar-refractivity contribution in [3.05, 3.63) is 11.4 Å². The molecule has 2 rings (SSSR count). The molecule has 1 aliphatic rings. The van der Waals surface area contributed by atoms with Crippen LogP contribution in [-0.2, 0) is 0 Å². The summed E-state index contributed by atoms with van der Waals surface area (Å²) in [6.07, 6.45) is 7.36. The molecule has 1 heterocycles. The van der Waals surface area contributed by atoms with Gasteiger partial charge in [-0.15, -0.1) is 0 Å². The van der Waals surface area contributed by atoms with Crippen LogP contribution in [0.25, 0.3) is 0 Å². The number of hydrogen-bond donors (Lipinski definition) is 2. The predicted molar refractivity (Wildman–Crippen MR) is 88.9 cm³/mol. The highest BCUT2D eigenvalue weighted by Gasteiger charge is 2.22. The van der Waals surface area contributed by atoms with Gasteiger partial charge in [0.25, 0.3) is 0 Å². The summed E-state index contributed by atoms with van der Waals surface area (Å²) in [7, 11) is 0. The number of anilines is 2. The Balaban J connectivity index is 2.12. The summed E-state index contributed by atoms with van der Waals surface area (Å²) in [5.41, 5.74) is 1.13. The number of nitrogens with zero attached hydrogens (tertiary/aromatic N) is 2. The highest BCUT2D eigenvalue weighted by Crippen LogP contribution is 2.30. The summed E-state index contributed by atoms with van der Waals surface area (Å²) < 4.78 is 0. The lowest BCUT2D eigenvalue weighted by Gasteiger charge is -2.29. The first kappa shape index (κ1) is 15.4. The molecule has 0 aromatic carbocycles. The first-order valence-electron chi connectivity index (χ1n) is 7.52. The summed E-state index contributed by atoms with van der Waals surface area (Å²) in [6.45, 7) is 7.02. The first-order chi connectivity index (χ1) is 9.63. The average molecular weight is 294 g/mol. The van der Waals surface area contributed by atoms with E-state index < -0.39 is 0 Å². The monoisotopic (exact) mass is 294 g/mol. The van der Waals surface area contributed by atoms with E-state index in [1.54, 1.807) is 0 Å². The van der Waals surface area contributed by atoms with Crippen molar-refractivity contribution >= 4 is 23.4 Å². The minimum Gasteiger partial charge on any atom is -0.370 e. The van der Waals surface area contributed by atoms with Crippen LogP contribution in [0.2, 0.25) is 0 Å². The van der Waals surface area contributed by atoms with Crippen LogP contribution in [0.4, 0.5) is 11.6 Å². The van der Waals surface area contributed by atoms with E-state index in [4.69, 9.17) is 0 Å². The average Bonchev–Trinajstić information content (AvgIpc) is 2.44. The molecule has 112 valence electrons. The van der Waals surface area contributed by atoms with E-state index in [9.17, 15) is 0 Å². The number of nitrogens with one attached hydrogen (secondary N) is 2. The Labute approximate surface area is 126 Å². The number of aryl methyl sites for hydroxylation is 1. The molecule has 4 nitrogen and oxygen atoms in total. The van der Waals surface area contributed by atoms with Crippen molar-refractivity contribution in [3.63, 3.8) is 0 Å². The van der Waals surface area contributed by atoms with Gasteiger partial charge in [0.05, 0.1) is 0 Å². The fourth-order valence-corrected chi connectivity index (χ4v) is 3.62. The minimum atomic E-state index is 0.545. The number of aromatic nitrogens is 2. The van der Waals surface area contributed by atoms with Crippen LogP contribution in [0.5, 0.6) is 0 Å². The van der Waals surface area contributed by atoms with E-state index in [0.29, 0.717) is 6.04 Å². The van der Waals surface area contributed by atoms with Crippen molar-refractivity contribution in [1.29, 1.82) is 0 Å². The Morgan fingerprint density at radius 1 is 1.20 bits per heavy atom. The largest absolute Gasteiger partial charge is 0.370 e. The quantitative estimate of drug-likeness (QED) is 0.869. The van der Waals surface area contributed by atoms with Crippen LogP contribution in [0.1, 0.15) is 44.0 Å². The lowest BCUT2D eigenvalue weighted by atomic mass is 9.95. The minimum absolute atomic E-state index is 0.545. The molecule has 2 atom stereocenters. The molecule has 1 aromatic heterocycles. The zero-order chi connectivity index (χ0) is 14.5. The molecule has 20 heavy (non-hydrogen) atoms. The third-order valence-electron chi connectivity index (χ3n) is 3.90. The van der Waals surface area contributed by atoms with Gasteiger partial charge in [-0.2, -0.15) is 11.8 Å². The van der Waals surface area contributed by atoms with Gasteiger partial charge in [-0.25, -0.2) is 9.97 Å². The molecule has 1 saturated carbocycles. The molecule has 1 aromatic rings. The maximum absolute atomic E-state index is 4.59. The zero-order valence-electron chi connectivity index (χ0n) is 13.0. The Bertz CT molecular complexity index is 450.